The lowest BCUT2D eigenvalue weighted by Crippen LogP contribution is -2.32. The number of hydrogen-bond donors (Lipinski definition) is 5. The summed E-state index contributed by atoms with van der Waals surface area (Å²) in [5.41, 5.74) is 3.86. The molecule has 0 aliphatic rings. The van der Waals surface area contributed by atoms with Gasteiger partial charge in [0.15, 0.2) is 5.84 Å². The van der Waals surface area contributed by atoms with Crippen molar-refractivity contribution in [2.24, 2.45) is 16.8 Å². The van der Waals surface area contributed by atoms with Gasteiger partial charge in [0.25, 0.3) is 0 Å². The molecule has 134 valence electrons. The molecule has 1 aromatic carbocycles. The first-order valence-electron chi connectivity index (χ1n) is 7.19. The van der Waals surface area contributed by atoms with Crippen LogP contribution in [0.2, 0.25) is 5.02 Å². The van der Waals surface area contributed by atoms with Crippen LogP contribution in [-0.2, 0) is 11.0 Å². The first kappa shape index (κ1) is 19.1. The highest BCUT2D eigenvalue weighted by Crippen LogP contribution is 2.19. The van der Waals surface area contributed by atoms with E-state index in [1.807, 2.05) is 12.1 Å². The summed E-state index contributed by atoms with van der Waals surface area (Å²) in [7, 11) is -1.14. The van der Waals surface area contributed by atoms with E-state index < -0.39 is 11.0 Å². The fourth-order valence-electron chi connectivity index (χ4n) is 2.02. The van der Waals surface area contributed by atoms with Crippen molar-refractivity contribution in [2.75, 3.05) is 18.1 Å². The van der Waals surface area contributed by atoms with Gasteiger partial charge in [-0.1, -0.05) is 23.7 Å². The van der Waals surface area contributed by atoms with E-state index in [1.165, 1.54) is 12.4 Å². The van der Waals surface area contributed by atoms with Crippen molar-refractivity contribution in [3.8, 4) is 0 Å². The number of hydrazone groups is 1. The maximum absolute atomic E-state index is 11.3. The van der Waals surface area contributed by atoms with Crippen LogP contribution < -0.4 is 27.2 Å². The second-order valence-corrected chi connectivity index (χ2v) is 6.60. The third-order valence-corrected chi connectivity index (χ3v) is 4.08. The lowest BCUT2D eigenvalue weighted by Gasteiger charge is -2.19. The number of hydrazine groups is 1. The van der Waals surface area contributed by atoms with Gasteiger partial charge in [0.2, 0.25) is 5.95 Å². The van der Waals surface area contributed by atoms with Crippen LogP contribution in [-0.4, -0.2) is 32.8 Å². The molecule has 0 aliphatic heterocycles. The van der Waals surface area contributed by atoms with Crippen molar-refractivity contribution in [3.05, 3.63) is 52.8 Å². The Balaban J connectivity index is 2.18. The number of rotatable bonds is 7. The maximum atomic E-state index is 11.3. The second kappa shape index (κ2) is 9.28. The summed E-state index contributed by atoms with van der Waals surface area (Å²) < 4.78 is 14.2. The Morgan fingerprint density at radius 3 is 2.48 bits per heavy atom. The van der Waals surface area contributed by atoms with Crippen LogP contribution in [0.5, 0.6) is 0 Å². The molecule has 0 bridgehead atoms. The molecule has 0 amide bonds. The highest BCUT2D eigenvalue weighted by Gasteiger charge is 2.14. The number of hydrogen-bond acceptors (Lipinski definition) is 7. The van der Waals surface area contributed by atoms with Crippen LogP contribution in [0.25, 0.3) is 0 Å². The zero-order valence-corrected chi connectivity index (χ0v) is 15.0. The molecular weight excluding hydrogens is 364 g/mol. The van der Waals surface area contributed by atoms with Crippen molar-refractivity contribution in [1.29, 1.82) is 0 Å². The SMILES string of the molecule is CS(=O)NCC(Nc1ncc(/C(=N/N)NN)cn1)c1ccc(Cl)cc1. The van der Waals surface area contributed by atoms with Crippen LogP contribution in [0.3, 0.4) is 0 Å². The summed E-state index contributed by atoms with van der Waals surface area (Å²) in [6, 6.07) is 7.13. The van der Waals surface area contributed by atoms with Crippen molar-refractivity contribution >= 4 is 34.4 Å². The van der Waals surface area contributed by atoms with Crippen molar-refractivity contribution in [1.82, 2.24) is 20.1 Å². The maximum Gasteiger partial charge on any atom is 0.223 e. The normalized spacial score (nSPS) is 14.0. The number of nitrogens with two attached hydrogens (primary N) is 2. The summed E-state index contributed by atoms with van der Waals surface area (Å²) >= 11 is 5.93. The van der Waals surface area contributed by atoms with Crippen LogP contribution in [0.4, 0.5) is 5.95 Å². The van der Waals surface area contributed by atoms with Gasteiger partial charge in [-0.2, -0.15) is 5.10 Å². The van der Waals surface area contributed by atoms with Crippen molar-refractivity contribution < 1.29 is 4.21 Å². The zero-order chi connectivity index (χ0) is 18.2. The molecule has 9 nitrogen and oxygen atoms in total. The van der Waals surface area contributed by atoms with Crippen LogP contribution in [0.15, 0.2) is 41.8 Å². The Hall–Kier alpha value is -2.27. The first-order valence-corrected chi connectivity index (χ1v) is 9.13. The number of nitrogens with one attached hydrogen (secondary N) is 3. The third-order valence-electron chi connectivity index (χ3n) is 3.26. The summed E-state index contributed by atoms with van der Waals surface area (Å²) in [6.07, 6.45) is 4.63. The molecule has 1 aromatic heterocycles. The Kier molecular flexibility index (Phi) is 7.07. The van der Waals surface area contributed by atoms with Gasteiger partial charge in [-0.05, 0) is 17.7 Å². The monoisotopic (exact) mass is 382 g/mol. The van der Waals surface area contributed by atoms with Gasteiger partial charge in [0.05, 0.1) is 22.6 Å². The van der Waals surface area contributed by atoms with Crippen LogP contribution in [0, 0.1) is 0 Å². The molecule has 2 aromatic rings. The van der Waals surface area contributed by atoms with Gasteiger partial charge < -0.3 is 16.6 Å². The van der Waals surface area contributed by atoms with Crippen molar-refractivity contribution in [2.45, 2.75) is 6.04 Å². The molecule has 25 heavy (non-hydrogen) atoms. The Bertz CT molecular complexity index is 738. The van der Waals surface area contributed by atoms with E-state index in [-0.39, 0.29) is 11.9 Å². The molecular formula is C14H19ClN8OS. The molecule has 2 rings (SSSR count). The molecule has 0 aliphatic carbocycles. The lowest BCUT2D eigenvalue weighted by molar-refractivity contribution is 0.664. The number of nitrogens with zero attached hydrogens (tertiary/aromatic N) is 3. The highest BCUT2D eigenvalue weighted by atomic mass is 35.5. The van der Waals surface area contributed by atoms with Gasteiger partial charge in [0.1, 0.15) is 0 Å². The number of aromatic nitrogens is 2. The van der Waals surface area contributed by atoms with Gasteiger partial charge in [0, 0.05) is 30.2 Å². The largest absolute Gasteiger partial charge is 0.346 e. The quantitative estimate of drug-likeness (QED) is 0.200. The minimum atomic E-state index is -1.14. The number of benzene rings is 1. The van der Waals surface area contributed by atoms with E-state index in [4.69, 9.17) is 23.3 Å². The average molecular weight is 383 g/mol. The highest BCUT2D eigenvalue weighted by molar-refractivity contribution is 7.82. The summed E-state index contributed by atoms with van der Waals surface area (Å²) in [4.78, 5) is 8.44. The minimum Gasteiger partial charge on any atom is -0.346 e. The van der Waals surface area contributed by atoms with Crippen LogP contribution in [0.1, 0.15) is 17.2 Å². The Morgan fingerprint density at radius 1 is 1.32 bits per heavy atom. The van der Waals surface area contributed by atoms with Crippen LogP contribution >= 0.6 is 11.6 Å². The summed E-state index contributed by atoms with van der Waals surface area (Å²) in [5.74, 6) is 11.2. The minimum absolute atomic E-state index is 0.206. The second-order valence-electron chi connectivity index (χ2n) is 4.97. The predicted molar refractivity (Wildman–Crippen MR) is 100.0 cm³/mol. The van der Waals surface area contributed by atoms with E-state index in [0.717, 1.165) is 5.56 Å². The molecule has 0 saturated heterocycles. The topological polar surface area (TPSA) is 143 Å². The third kappa shape index (κ3) is 5.64. The summed E-state index contributed by atoms with van der Waals surface area (Å²) in [6.45, 7) is 0.412. The first-order chi connectivity index (χ1) is 12.0. The van der Waals surface area contributed by atoms with Crippen molar-refractivity contribution in [3.63, 3.8) is 0 Å². The fourth-order valence-corrected chi connectivity index (χ4v) is 2.55. The predicted octanol–water partition coefficient (Wildman–Crippen LogP) is 0.250. The molecule has 0 radical (unpaired) electrons. The van der Waals surface area contributed by atoms with Gasteiger partial charge in [-0.15, -0.1) is 0 Å². The van der Waals surface area contributed by atoms with E-state index in [9.17, 15) is 4.21 Å². The Labute approximate surface area is 152 Å². The number of amidine groups is 1. The molecule has 1 heterocycles. The number of halogens is 1. The van der Waals surface area contributed by atoms with E-state index in [2.05, 4.69) is 30.5 Å². The smallest absolute Gasteiger partial charge is 0.223 e. The van der Waals surface area contributed by atoms with E-state index >= 15 is 0 Å². The average Bonchev–Trinajstić information content (AvgIpc) is 2.61. The molecule has 11 heteroatoms. The van der Waals surface area contributed by atoms with Gasteiger partial charge in [-0.3, -0.25) is 0 Å². The lowest BCUT2D eigenvalue weighted by atomic mass is 10.1. The molecule has 0 spiro atoms. The molecule has 0 fully saturated rings. The standard InChI is InChI=1S/C14H19ClN8OS/c1-25(24)20-8-12(9-2-4-11(15)5-3-9)21-14-18-6-10(7-19-14)13(22-16)23-17/h2-7,12,20H,8,16-17H2,1H3,(H,22,23)(H,18,19,21). The van der Waals surface area contributed by atoms with Gasteiger partial charge >= 0.3 is 0 Å². The summed E-state index contributed by atoms with van der Waals surface area (Å²) in [5, 5.41) is 7.32. The van der Waals surface area contributed by atoms with E-state index in [1.54, 1.807) is 18.4 Å². The molecule has 0 saturated carbocycles. The van der Waals surface area contributed by atoms with Gasteiger partial charge in [-0.25, -0.2) is 24.7 Å². The van der Waals surface area contributed by atoms with E-state index in [0.29, 0.717) is 23.1 Å². The number of anilines is 1. The molecule has 2 unspecified atom stereocenters. The zero-order valence-electron chi connectivity index (χ0n) is 13.4. The Morgan fingerprint density at radius 2 is 1.96 bits per heavy atom. The molecule has 7 N–H and O–H groups in total. The molecule has 2 atom stereocenters. The fraction of sp³-hybridized carbons (Fsp3) is 0.214.